The van der Waals surface area contributed by atoms with Gasteiger partial charge in [-0.1, -0.05) is 0 Å². The van der Waals surface area contributed by atoms with Gasteiger partial charge in [-0.25, -0.2) is 0 Å². The van der Waals surface area contributed by atoms with Crippen molar-refractivity contribution >= 4 is 11.8 Å². The van der Waals surface area contributed by atoms with Crippen LogP contribution in [0.15, 0.2) is 0 Å². The highest BCUT2D eigenvalue weighted by Crippen LogP contribution is 1.84. The van der Waals surface area contributed by atoms with E-state index < -0.39 is 12.0 Å². The predicted molar refractivity (Wildman–Crippen MR) is 46.2 cm³/mol. The van der Waals surface area contributed by atoms with E-state index in [2.05, 4.69) is 10.1 Å². The van der Waals surface area contributed by atoms with Crippen molar-refractivity contribution < 1.29 is 19.4 Å². The molecule has 2 N–H and O–H groups in total. The first-order chi connectivity index (χ1) is 6.11. The molecule has 0 bridgehead atoms. The Labute approximate surface area is 77.1 Å². The first-order valence-corrected chi connectivity index (χ1v) is 4.12. The van der Waals surface area contributed by atoms with E-state index in [-0.39, 0.29) is 18.9 Å². The molecule has 0 aromatic carbocycles. The molecule has 0 saturated carbocycles. The molecule has 0 saturated heterocycles. The zero-order chi connectivity index (χ0) is 10.3. The predicted octanol–water partition coefficient (Wildman–Crippen LogP) is -0.911. The van der Waals surface area contributed by atoms with Crippen molar-refractivity contribution in [1.29, 1.82) is 0 Å². The minimum absolute atomic E-state index is 0.0569. The van der Waals surface area contributed by atoms with E-state index in [9.17, 15) is 9.59 Å². The van der Waals surface area contributed by atoms with Crippen molar-refractivity contribution in [3.63, 3.8) is 0 Å². The van der Waals surface area contributed by atoms with E-state index in [4.69, 9.17) is 5.11 Å². The number of ketones is 1. The molecule has 76 valence electrons. The molecule has 5 nitrogen and oxygen atoms in total. The molecule has 0 spiro atoms. The Kier molecular flexibility index (Phi) is 6.09. The van der Waals surface area contributed by atoms with Crippen LogP contribution in [0.1, 0.15) is 13.8 Å². The van der Waals surface area contributed by atoms with Crippen molar-refractivity contribution in [3.8, 4) is 0 Å². The Morgan fingerprint density at radius 3 is 2.54 bits per heavy atom. The average molecular weight is 189 g/mol. The summed E-state index contributed by atoms with van der Waals surface area (Å²) in [5, 5.41) is 11.3. The number of Topliss-reactive ketones (excluding diaryl/α,β-unsaturated/α-hetero) is 1. The smallest absolute Gasteiger partial charge is 0.319 e. The summed E-state index contributed by atoms with van der Waals surface area (Å²) in [7, 11) is 0. The monoisotopic (exact) mass is 189 g/mol. The molecule has 0 amide bonds. The lowest BCUT2D eigenvalue weighted by Crippen LogP contribution is -2.41. The third kappa shape index (κ3) is 5.32. The second-order valence-electron chi connectivity index (χ2n) is 2.53. The van der Waals surface area contributed by atoms with Crippen molar-refractivity contribution in [2.24, 2.45) is 0 Å². The maximum atomic E-state index is 10.8. The fourth-order valence-electron chi connectivity index (χ4n) is 0.755. The van der Waals surface area contributed by atoms with Crippen LogP contribution in [0.4, 0.5) is 0 Å². The number of hydrogen-bond acceptors (Lipinski definition) is 5. The van der Waals surface area contributed by atoms with Gasteiger partial charge in [-0.15, -0.1) is 0 Å². The lowest BCUT2D eigenvalue weighted by Gasteiger charge is -2.11. The number of carbonyl (C=O) groups excluding carboxylic acids is 2. The molecule has 0 rings (SSSR count). The molecular weight excluding hydrogens is 174 g/mol. The van der Waals surface area contributed by atoms with Crippen LogP contribution in [0.2, 0.25) is 0 Å². The van der Waals surface area contributed by atoms with Gasteiger partial charge < -0.3 is 9.84 Å². The lowest BCUT2D eigenvalue weighted by molar-refractivity contribution is -0.142. The van der Waals surface area contributed by atoms with Crippen molar-refractivity contribution in [2.45, 2.75) is 19.9 Å². The van der Waals surface area contributed by atoms with Crippen LogP contribution in [0, 0.1) is 0 Å². The number of ether oxygens (including phenoxy) is 1. The van der Waals surface area contributed by atoms with Crippen LogP contribution in [-0.2, 0) is 14.3 Å². The van der Waals surface area contributed by atoms with Crippen LogP contribution >= 0.6 is 0 Å². The van der Waals surface area contributed by atoms with Gasteiger partial charge in [-0.3, -0.25) is 14.9 Å². The molecule has 13 heavy (non-hydrogen) atoms. The number of aliphatic hydroxyl groups excluding tert-OH is 1. The van der Waals surface area contributed by atoms with Gasteiger partial charge >= 0.3 is 5.97 Å². The summed E-state index contributed by atoms with van der Waals surface area (Å²) in [4.78, 5) is 21.6. The fraction of sp³-hybridized carbons (Fsp3) is 0.750. The summed E-state index contributed by atoms with van der Waals surface area (Å²) in [5.41, 5.74) is 0. The van der Waals surface area contributed by atoms with Crippen molar-refractivity contribution in [1.82, 2.24) is 5.32 Å². The number of esters is 1. The van der Waals surface area contributed by atoms with Gasteiger partial charge in [0.1, 0.15) is 5.78 Å². The molecule has 0 aliphatic carbocycles. The van der Waals surface area contributed by atoms with E-state index in [1.54, 1.807) is 6.92 Å². The molecule has 0 unspecified atom stereocenters. The lowest BCUT2D eigenvalue weighted by atomic mass is 10.2. The maximum Gasteiger partial charge on any atom is 0.319 e. The Balaban J connectivity index is 3.72. The van der Waals surface area contributed by atoms with Gasteiger partial charge in [0.05, 0.1) is 25.8 Å². The second kappa shape index (κ2) is 6.56. The van der Waals surface area contributed by atoms with Crippen LogP contribution in [-0.4, -0.2) is 42.7 Å². The second-order valence-corrected chi connectivity index (χ2v) is 2.53. The molecule has 0 heterocycles. The van der Waals surface area contributed by atoms with E-state index >= 15 is 0 Å². The molecule has 0 aromatic rings. The number of rotatable bonds is 6. The molecule has 0 aliphatic rings. The maximum absolute atomic E-state index is 10.8. The third-order valence-corrected chi connectivity index (χ3v) is 1.47. The van der Waals surface area contributed by atoms with Crippen LogP contribution in [0.5, 0.6) is 0 Å². The summed E-state index contributed by atoms with van der Waals surface area (Å²) >= 11 is 0. The summed E-state index contributed by atoms with van der Waals surface area (Å²) in [6.45, 7) is 2.99. The molecule has 0 aliphatic heterocycles. The molecule has 5 heteroatoms. The van der Waals surface area contributed by atoms with Gasteiger partial charge in [0.2, 0.25) is 0 Å². The normalized spacial score (nSPS) is 12.2. The first-order valence-electron chi connectivity index (χ1n) is 4.12. The number of carbonyl (C=O) groups is 2. The highest BCUT2D eigenvalue weighted by molar-refractivity contribution is 5.82. The van der Waals surface area contributed by atoms with E-state index in [1.807, 2.05) is 0 Å². The van der Waals surface area contributed by atoms with Gasteiger partial charge in [0.25, 0.3) is 0 Å². The fourth-order valence-corrected chi connectivity index (χ4v) is 0.755. The number of aliphatic hydroxyl groups is 1. The van der Waals surface area contributed by atoms with Gasteiger partial charge in [-0.05, 0) is 13.8 Å². The van der Waals surface area contributed by atoms with Gasteiger partial charge in [-0.2, -0.15) is 0 Å². The quantitative estimate of drug-likeness (QED) is 0.529. The molecular formula is C8H15NO4. The summed E-state index contributed by atoms with van der Waals surface area (Å²) < 4.78 is 4.62. The molecule has 1 atom stereocenters. The third-order valence-electron chi connectivity index (χ3n) is 1.47. The molecule has 0 aromatic heterocycles. The minimum Gasteiger partial charge on any atom is -0.465 e. The van der Waals surface area contributed by atoms with E-state index in [1.165, 1.54) is 6.92 Å². The zero-order valence-electron chi connectivity index (χ0n) is 7.87. The Morgan fingerprint density at radius 1 is 1.54 bits per heavy atom. The summed E-state index contributed by atoms with van der Waals surface area (Å²) in [6.07, 6.45) is 0. The topological polar surface area (TPSA) is 75.6 Å². The van der Waals surface area contributed by atoms with Crippen LogP contribution in [0.25, 0.3) is 0 Å². The molecule has 0 fully saturated rings. The van der Waals surface area contributed by atoms with Crippen molar-refractivity contribution in [2.75, 3.05) is 19.8 Å². The summed E-state index contributed by atoms with van der Waals surface area (Å²) in [6, 6.07) is -0.676. The number of hydrogen-bond donors (Lipinski definition) is 2. The minimum atomic E-state index is -0.676. The Bertz CT molecular complexity index is 181. The Morgan fingerprint density at radius 2 is 2.15 bits per heavy atom. The van der Waals surface area contributed by atoms with E-state index in [0.29, 0.717) is 6.61 Å². The van der Waals surface area contributed by atoms with Gasteiger partial charge in [0, 0.05) is 0 Å². The number of nitrogens with one attached hydrogen (secondary N) is 1. The largest absolute Gasteiger partial charge is 0.465 e. The Hall–Kier alpha value is -0.940. The zero-order valence-corrected chi connectivity index (χ0v) is 7.87. The van der Waals surface area contributed by atoms with Crippen molar-refractivity contribution in [3.05, 3.63) is 0 Å². The molecule has 0 radical (unpaired) electrons. The standard InChI is InChI=1S/C8H15NO4/c1-3-13-8(12)4-9-7(5-10)6(2)11/h7,9-10H,3-5H2,1-2H3/t7-/m1/s1. The first kappa shape index (κ1) is 12.1. The van der Waals surface area contributed by atoms with Gasteiger partial charge in [0.15, 0.2) is 0 Å². The van der Waals surface area contributed by atoms with Crippen LogP contribution in [0.3, 0.4) is 0 Å². The highest BCUT2D eigenvalue weighted by atomic mass is 16.5. The highest BCUT2D eigenvalue weighted by Gasteiger charge is 2.13. The summed E-state index contributed by atoms with van der Waals surface area (Å²) in [5.74, 6) is -0.631. The van der Waals surface area contributed by atoms with E-state index in [0.717, 1.165) is 0 Å². The average Bonchev–Trinajstić information content (AvgIpc) is 2.05. The SMILES string of the molecule is CCOC(=O)CN[C@H](CO)C(C)=O. The van der Waals surface area contributed by atoms with Crippen LogP contribution < -0.4 is 5.32 Å².